The number of benzene rings is 2. The third kappa shape index (κ3) is 6.80. The molecule has 0 bridgehead atoms. The quantitative estimate of drug-likeness (QED) is 0.247. The first-order chi connectivity index (χ1) is 18.5. The zero-order chi connectivity index (χ0) is 26.4. The second kappa shape index (κ2) is 12.1. The van der Waals surface area contributed by atoms with Crippen LogP contribution < -0.4 is 5.32 Å². The van der Waals surface area contributed by atoms with Gasteiger partial charge in [-0.2, -0.15) is 0 Å². The molecule has 1 N–H and O–H groups in total. The van der Waals surface area contributed by atoms with Crippen molar-refractivity contribution < 1.29 is 4.74 Å². The second-order valence-electron chi connectivity index (χ2n) is 11.4. The minimum atomic E-state index is -0.00442. The van der Waals surface area contributed by atoms with E-state index in [0.29, 0.717) is 6.10 Å². The van der Waals surface area contributed by atoms with Crippen LogP contribution in [0.3, 0.4) is 0 Å². The predicted octanol–water partition coefficient (Wildman–Crippen LogP) is 6.49. The van der Waals surface area contributed by atoms with Gasteiger partial charge in [-0.3, -0.25) is 0 Å². The SMILES string of the molecule is CC(C)(C)c1cn2nc(NCCCCN3CCC(OC(c4ccccc4)c4ccccc4)CC3)ccc2n1. The highest BCUT2D eigenvalue weighted by Gasteiger charge is 2.24. The van der Waals surface area contributed by atoms with Gasteiger partial charge in [0, 0.05) is 25.0 Å². The van der Waals surface area contributed by atoms with E-state index < -0.39 is 0 Å². The Hall–Kier alpha value is -3.22. The average molecular weight is 512 g/mol. The number of hydrogen-bond donors (Lipinski definition) is 1. The first kappa shape index (κ1) is 26.4. The van der Waals surface area contributed by atoms with Crippen molar-refractivity contribution in [2.75, 3.05) is 31.5 Å². The lowest BCUT2D eigenvalue weighted by molar-refractivity contribution is -0.0270. The van der Waals surface area contributed by atoms with Crippen LogP contribution >= 0.6 is 0 Å². The number of nitrogens with one attached hydrogen (secondary N) is 1. The highest BCUT2D eigenvalue weighted by molar-refractivity contribution is 5.45. The molecular weight excluding hydrogens is 470 g/mol. The molecule has 2 aromatic carbocycles. The normalized spacial score (nSPS) is 15.4. The van der Waals surface area contributed by atoms with Crippen LogP contribution in [0.25, 0.3) is 5.65 Å². The van der Waals surface area contributed by atoms with Crippen molar-refractivity contribution in [3.63, 3.8) is 0 Å². The molecule has 0 spiro atoms. The van der Waals surface area contributed by atoms with Crippen LogP contribution in [0.1, 0.15) is 69.4 Å². The summed E-state index contributed by atoms with van der Waals surface area (Å²) in [6, 6.07) is 25.3. The van der Waals surface area contributed by atoms with Gasteiger partial charge in [0.05, 0.1) is 18.0 Å². The van der Waals surface area contributed by atoms with Crippen molar-refractivity contribution in [2.24, 2.45) is 0 Å². The number of imidazole rings is 1. The third-order valence-corrected chi connectivity index (χ3v) is 7.36. The molecule has 0 radical (unpaired) electrons. The largest absolute Gasteiger partial charge is 0.369 e. The first-order valence-corrected chi connectivity index (χ1v) is 14.0. The van der Waals surface area contributed by atoms with Gasteiger partial charge in [0.15, 0.2) is 5.65 Å². The zero-order valence-electron chi connectivity index (χ0n) is 23.0. The number of unbranched alkanes of at least 4 members (excludes halogenated alkanes) is 1. The molecule has 2 aromatic heterocycles. The van der Waals surface area contributed by atoms with E-state index in [2.05, 4.69) is 91.7 Å². The number of aromatic nitrogens is 3. The Labute approximate surface area is 227 Å². The third-order valence-electron chi connectivity index (χ3n) is 7.36. The molecule has 5 rings (SSSR count). The maximum Gasteiger partial charge on any atom is 0.153 e. The Kier molecular flexibility index (Phi) is 8.40. The maximum atomic E-state index is 6.70. The lowest BCUT2D eigenvalue weighted by atomic mass is 9.93. The van der Waals surface area contributed by atoms with Crippen LogP contribution in [0.2, 0.25) is 0 Å². The monoisotopic (exact) mass is 511 g/mol. The van der Waals surface area contributed by atoms with E-state index in [4.69, 9.17) is 14.8 Å². The number of anilines is 1. The van der Waals surface area contributed by atoms with Gasteiger partial charge in [-0.05, 0) is 55.5 Å². The van der Waals surface area contributed by atoms with Gasteiger partial charge >= 0.3 is 0 Å². The summed E-state index contributed by atoms with van der Waals surface area (Å²) in [7, 11) is 0. The molecule has 0 aliphatic carbocycles. The topological polar surface area (TPSA) is 54.7 Å². The molecule has 1 saturated heterocycles. The van der Waals surface area contributed by atoms with E-state index in [1.54, 1.807) is 0 Å². The summed E-state index contributed by atoms with van der Waals surface area (Å²) in [6.45, 7) is 10.8. The van der Waals surface area contributed by atoms with Crippen LogP contribution in [0.15, 0.2) is 79.0 Å². The summed E-state index contributed by atoms with van der Waals surface area (Å²) in [5, 5.41) is 8.18. The van der Waals surface area contributed by atoms with E-state index >= 15 is 0 Å². The smallest absolute Gasteiger partial charge is 0.153 e. The van der Waals surface area contributed by atoms with Gasteiger partial charge < -0.3 is 15.0 Å². The van der Waals surface area contributed by atoms with E-state index in [1.807, 2.05) is 22.8 Å². The lowest BCUT2D eigenvalue weighted by Gasteiger charge is -2.34. The molecule has 6 heteroatoms. The molecule has 1 aliphatic rings. The molecular formula is C32H41N5O. The highest BCUT2D eigenvalue weighted by atomic mass is 16.5. The van der Waals surface area contributed by atoms with Crippen LogP contribution in [0.4, 0.5) is 5.82 Å². The number of rotatable bonds is 10. The summed E-state index contributed by atoms with van der Waals surface area (Å²) in [6.07, 6.45) is 6.79. The lowest BCUT2D eigenvalue weighted by Crippen LogP contribution is -2.38. The number of nitrogens with zero attached hydrogens (tertiary/aromatic N) is 4. The van der Waals surface area contributed by atoms with Crippen molar-refractivity contribution in [3.05, 3.63) is 95.8 Å². The number of ether oxygens (including phenoxy) is 1. The Balaban J connectivity index is 1.04. The summed E-state index contributed by atoms with van der Waals surface area (Å²) in [5.41, 5.74) is 4.43. The van der Waals surface area contributed by atoms with Crippen LogP contribution in [-0.2, 0) is 10.2 Å². The van der Waals surface area contributed by atoms with Crippen LogP contribution in [-0.4, -0.2) is 51.8 Å². The van der Waals surface area contributed by atoms with E-state index in [1.165, 1.54) is 17.5 Å². The molecule has 3 heterocycles. The number of fused-ring (bicyclic) bond motifs is 1. The fourth-order valence-electron chi connectivity index (χ4n) is 5.08. The van der Waals surface area contributed by atoms with Gasteiger partial charge in [0.1, 0.15) is 11.9 Å². The fourth-order valence-corrected chi connectivity index (χ4v) is 5.08. The predicted molar refractivity (Wildman–Crippen MR) is 155 cm³/mol. The molecule has 0 saturated carbocycles. The number of likely N-dealkylation sites (tertiary alicyclic amines) is 1. The Bertz CT molecular complexity index is 1230. The zero-order valence-corrected chi connectivity index (χ0v) is 23.0. The fraction of sp³-hybridized carbons (Fsp3) is 0.438. The summed E-state index contributed by atoms with van der Waals surface area (Å²) < 4.78 is 8.59. The highest BCUT2D eigenvalue weighted by Crippen LogP contribution is 2.30. The number of piperidine rings is 1. The first-order valence-electron chi connectivity index (χ1n) is 14.0. The van der Waals surface area contributed by atoms with Gasteiger partial charge in [0.25, 0.3) is 0 Å². The second-order valence-corrected chi connectivity index (χ2v) is 11.4. The van der Waals surface area contributed by atoms with Gasteiger partial charge in [-0.1, -0.05) is 81.4 Å². The molecule has 38 heavy (non-hydrogen) atoms. The average Bonchev–Trinajstić information content (AvgIpc) is 3.38. The molecule has 1 fully saturated rings. The van der Waals surface area contributed by atoms with Crippen LogP contribution in [0, 0.1) is 0 Å². The summed E-state index contributed by atoms with van der Waals surface area (Å²) >= 11 is 0. The minimum Gasteiger partial charge on any atom is -0.369 e. The van der Waals surface area contributed by atoms with Crippen molar-refractivity contribution in [2.45, 2.75) is 64.1 Å². The number of hydrogen-bond acceptors (Lipinski definition) is 5. The molecule has 0 unspecified atom stereocenters. The maximum absolute atomic E-state index is 6.70. The van der Waals surface area contributed by atoms with Crippen molar-refractivity contribution >= 4 is 11.5 Å². The molecule has 0 amide bonds. The van der Waals surface area contributed by atoms with Gasteiger partial charge in [0.2, 0.25) is 0 Å². The Morgan fingerprint density at radius 3 is 2.18 bits per heavy atom. The molecule has 6 nitrogen and oxygen atoms in total. The Morgan fingerprint density at radius 2 is 1.55 bits per heavy atom. The molecule has 1 aliphatic heterocycles. The van der Waals surface area contributed by atoms with Crippen LogP contribution in [0.5, 0.6) is 0 Å². The standard InChI is InChI=1S/C32H41N5O/c1-32(2,3)28-24-37-30(34-28)17-16-29(35-37)33-20-10-11-21-36-22-18-27(19-23-36)38-31(25-12-6-4-7-13-25)26-14-8-5-9-15-26/h4-9,12-17,24,27,31H,10-11,18-23H2,1-3H3,(H,33,35). The van der Waals surface area contributed by atoms with Crippen molar-refractivity contribution in [1.29, 1.82) is 0 Å². The van der Waals surface area contributed by atoms with E-state index in [-0.39, 0.29) is 11.5 Å². The van der Waals surface area contributed by atoms with Crippen molar-refractivity contribution in [1.82, 2.24) is 19.5 Å². The molecule has 200 valence electrons. The van der Waals surface area contributed by atoms with Gasteiger partial charge in [-0.25, -0.2) is 9.50 Å². The Morgan fingerprint density at radius 1 is 0.895 bits per heavy atom. The van der Waals surface area contributed by atoms with Gasteiger partial charge in [-0.15, -0.1) is 5.10 Å². The molecule has 0 atom stereocenters. The van der Waals surface area contributed by atoms with Crippen molar-refractivity contribution in [3.8, 4) is 0 Å². The molecule has 4 aromatic rings. The summed E-state index contributed by atoms with van der Waals surface area (Å²) in [4.78, 5) is 7.28. The summed E-state index contributed by atoms with van der Waals surface area (Å²) in [5.74, 6) is 0.903. The van der Waals surface area contributed by atoms with E-state index in [0.717, 1.165) is 62.6 Å². The minimum absolute atomic E-state index is 0.00442. The van der Waals surface area contributed by atoms with E-state index in [9.17, 15) is 0 Å².